The first-order valence-corrected chi connectivity index (χ1v) is 8.59. The highest BCUT2D eigenvalue weighted by Gasteiger charge is 2.05. The zero-order chi connectivity index (χ0) is 18.2. The summed E-state index contributed by atoms with van der Waals surface area (Å²) in [4.78, 5) is 35.0. The molecule has 0 saturated heterocycles. The van der Waals surface area contributed by atoms with E-state index >= 15 is 0 Å². The average molecular weight is 357 g/mol. The van der Waals surface area contributed by atoms with E-state index in [1.54, 1.807) is 36.4 Å². The van der Waals surface area contributed by atoms with Crippen LogP contribution in [0.25, 0.3) is 0 Å². The summed E-state index contributed by atoms with van der Waals surface area (Å²) >= 11 is 1.40. The predicted molar refractivity (Wildman–Crippen MR) is 101 cm³/mol. The number of hydrogen-bond acceptors (Lipinski definition) is 4. The Labute approximate surface area is 150 Å². The molecular weight excluding hydrogens is 338 g/mol. The zero-order valence-corrected chi connectivity index (χ0v) is 14.8. The third-order valence-corrected chi connectivity index (χ3v) is 4.02. The van der Waals surface area contributed by atoms with E-state index < -0.39 is 0 Å². The lowest BCUT2D eigenvalue weighted by atomic mass is 10.2. The van der Waals surface area contributed by atoms with Gasteiger partial charge in [-0.1, -0.05) is 6.07 Å². The number of carbonyl (C=O) groups excluding carboxylic acids is 3. The van der Waals surface area contributed by atoms with Gasteiger partial charge in [-0.25, -0.2) is 0 Å². The molecule has 0 aliphatic carbocycles. The molecule has 0 radical (unpaired) electrons. The van der Waals surface area contributed by atoms with Crippen LogP contribution in [0.5, 0.6) is 0 Å². The molecule has 6 nitrogen and oxygen atoms in total. The predicted octanol–water partition coefficient (Wildman–Crippen LogP) is 3.33. The Morgan fingerprint density at radius 3 is 1.96 bits per heavy atom. The van der Waals surface area contributed by atoms with Crippen molar-refractivity contribution in [2.24, 2.45) is 0 Å². The number of rotatable bonds is 6. The van der Waals surface area contributed by atoms with Crippen LogP contribution in [0.3, 0.4) is 0 Å². The van der Waals surface area contributed by atoms with Crippen LogP contribution in [0, 0.1) is 0 Å². The van der Waals surface area contributed by atoms with E-state index in [9.17, 15) is 14.4 Å². The number of amides is 3. The topological polar surface area (TPSA) is 87.3 Å². The van der Waals surface area contributed by atoms with Crippen LogP contribution in [-0.2, 0) is 14.4 Å². The summed E-state index contributed by atoms with van der Waals surface area (Å²) in [5.74, 6) is -0.178. The molecule has 0 bridgehead atoms. The van der Waals surface area contributed by atoms with Gasteiger partial charge in [0.25, 0.3) is 0 Å². The second-order valence-electron chi connectivity index (χ2n) is 5.30. The smallest absolute Gasteiger partial charge is 0.234 e. The number of benzene rings is 2. The Morgan fingerprint density at radius 1 is 0.800 bits per heavy atom. The van der Waals surface area contributed by atoms with Crippen molar-refractivity contribution < 1.29 is 14.4 Å². The molecule has 2 rings (SSSR count). The molecule has 130 valence electrons. The Hall–Kier alpha value is -2.80. The largest absolute Gasteiger partial charge is 0.326 e. The highest BCUT2D eigenvalue weighted by Crippen LogP contribution is 2.21. The van der Waals surface area contributed by atoms with Crippen LogP contribution in [0.2, 0.25) is 0 Å². The Balaban J connectivity index is 1.86. The van der Waals surface area contributed by atoms with Crippen molar-refractivity contribution >= 4 is 46.5 Å². The van der Waals surface area contributed by atoms with Crippen molar-refractivity contribution in [3.63, 3.8) is 0 Å². The fourth-order valence-corrected chi connectivity index (χ4v) is 2.76. The zero-order valence-electron chi connectivity index (χ0n) is 14.0. The van der Waals surface area contributed by atoms with Crippen LogP contribution in [-0.4, -0.2) is 23.5 Å². The molecule has 0 saturated carbocycles. The number of thioether (sulfide) groups is 1. The van der Waals surface area contributed by atoms with Gasteiger partial charge in [-0.05, 0) is 42.5 Å². The number of anilines is 3. The van der Waals surface area contributed by atoms with Crippen LogP contribution in [0.4, 0.5) is 17.1 Å². The van der Waals surface area contributed by atoms with Gasteiger partial charge in [0.15, 0.2) is 0 Å². The van der Waals surface area contributed by atoms with Gasteiger partial charge < -0.3 is 16.0 Å². The molecule has 2 aromatic carbocycles. The third-order valence-electron chi connectivity index (χ3n) is 3.01. The first-order chi connectivity index (χ1) is 11.9. The summed E-state index contributed by atoms with van der Waals surface area (Å²) in [6, 6.07) is 14.2. The van der Waals surface area contributed by atoms with Crippen LogP contribution in [0.15, 0.2) is 53.4 Å². The van der Waals surface area contributed by atoms with E-state index in [-0.39, 0.29) is 23.5 Å². The minimum Gasteiger partial charge on any atom is -0.326 e. The van der Waals surface area contributed by atoms with Crippen molar-refractivity contribution in [3.05, 3.63) is 48.5 Å². The molecule has 0 aliphatic heterocycles. The van der Waals surface area contributed by atoms with E-state index in [0.717, 1.165) is 10.6 Å². The maximum Gasteiger partial charge on any atom is 0.234 e. The minimum atomic E-state index is -0.165. The molecule has 0 aromatic heterocycles. The standard InChI is InChI=1S/C18H19N3O3S/c1-12(22)19-14-6-8-17(9-7-14)25-11-18(24)21-16-5-3-4-15(10-16)20-13(2)23/h3-10H,11H2,1-2H3,(H,19,22)(H,20,23)(H,21,24). The molecule has 25 heavy (non-hydrogen) atoms. The lowest BCUT2D eigenvalue weighted by Gasteiger charge is -2.08. The van der Waals surface area contributed by atoms with Gasteiger partial charge in [0.1, 0.15) is 0 Å². The van der Waals surface area contributed by atoms with E-state index in [0.29, 0.717) is 11.4 Å². The van der Waals surface area contributed by atoms with E-state index in [1.165, 1.54) is 25.6 Å². The summed E-state index contributed by atoms with van der Waals surface area (Å²) in [7, 11) is 0. The van der Waals surface area contributed by atoms with Crippen molar-refractivity contribution in [1.29, 1.82) is 0 Å². The molecule has 0 aliphatic rings. The number of nitrogens with one attached hydrogen (secondary N) is 3. The van der Waals surface area contributed by atoms with Crippen LogP contribution >= 0.6 is 11.8 Å². The van der Waals surface area contributed by atoms with E-state index in [4.69, 9.17) is 0 Å². The molecule has 3 N–H and O–H groups in total. The molecule has 3 amide bonds. The molecular formula is C18H19N3O3S. The Morgan fingerprint density at radius 2 is 1.36 bits per heavy atom. The quantitative estimate of drug-likeness (QED) is 0.692. The molecule has 0 fully saturated rings. The monoisotopic (exact) mass is 357 g/mol. The molecule has 0 atom stereocenters. The molecule has 0 spiro atoms. The van der Waals surface area contributed by atoms with Gasteiger partial charge in [0, 0.05) is 35.8 Å². The molecule has 2 aromatic rings. The Kier molecular flexibility index (Phi) is 6.59. The summed E-state index contributed by atoms with van der Waals surface area (Å²) in [6.45, 7) is 2.88. The van der Waals surface area contributed by atoms with E-state index in [2.05, 4.69) is 16.0 Å². The maximum atomic E-state index is 12.1. The van der Waals surface area contributed by atoms with Crippen LogP contribution < -0.4 is 16.0 Å². The second-order valence-corrected chi connectivity index (χ2v) is 6.35. The van der Waals surface area contributed by atoms with Gasteiger partial charge in [0.05, 0.1) is 5.75 Å². The van der Waals surface area contributed by atoms with Crippen molar-refractivity contribution in [2.45, 2.75) is 18.7 Å². The number of hydrogen-bond donors (Lipinski definition) is 3. The van der Waals surface area contributed by atoms with Crippen molar-refractivity contribution in [3.8, 4) is 0 Å². The highest BCUT2D eigenvalue weighted by atomic mass is 32.2. The van der Waals surface area contributed by atoms with Gasteiger partial charge in [0.2, 0.25) is 17.7 Å². The SMILES string of the molecule is CC(=O)Nc1ccc(SCC(=O)Nc2cccc(NC(C)=O)c2)cc1. The average Bonchev–Trinajstić information content (AvgIpc) is 2.53. The van der Waals surface area contributed by atoms with Gasteiger partial charge in [-0.2, -0.15) is 0 Å². The lowest BCUT2D eigenvalue weighted by molar-refractivity contribution is -0.115. The minimum absolute atomic E-state index is 0.124. The summed E-state index contributed by atoms with van der Waals surface area (Å²) in [6.07, 6.45) is 0. The van der Waals surface area contributed by atoms with Crippen LogP contribution in [0.1, 0.15) is 13.8 Å². The van der Waals surface area contributed by atoms with Crippen molar-refractivity contribution in [2.75, 3.05) is 21.7 Å². The lowest BCUT2D eigenvalue weighted by Crippen LogP contribution is -2.14. The fourth-order valence-electron chi connectivity index (χ4n) is 2.06. The highest BCUT2D eigenvalue weighted by molar-refractivity contribution is 8.00. The molecule has 0 heterocycles. The van der Waals surface area contributed by atoms with Crippen molar-refractivity contribution in [1.82, 2.24) is 0 Å². The second kappa shape index (κ2) is 8.89. The summed E-state index contributed by atoms with van der Waals surface area (Å²) in [5.41, 5.74) is 1.97. The number of carbonyl (C=O) groups is 3. The summed E-state index contributed by atoms with van der Waals surface area (Å²) < 4.78 is 0. The van der Waals surface area contributed by atoms with E-state index in [1.807, 2.05) is 12.1 Å². The first kappa shape index (κ1) is 18.5. The molecule has 0 unspecified atom stereocenters. The Bertz CT molecular complexity index is 775. The summed E-state index contributed by atoms with van der Waals surface area (Å²) in [5, 5.41) is 8.16. The maximum absolute atomic E-state index is 12.1. The third kappa shape index (κ3) is 6.68. The van der Waals surface area contributed by atoms with Gasteiger partial charge >= 0.3 is 0 Å². The normalized spacial score (nSPS) is 10.0. The fraction of sp³-hybridized carbons (Fsp3) is 0.167. The van der Waals surface area contributed by atoms with Gasteiger partial charge in [-0.15, -0.1) is 11.8 Å². The molecule has 7 heteroatoms. The van der Waals surface area contributed by atoms with Gasteiger partial charge in [-0.3, -0.25) is 14.4 Å². The first-order valence-electron chi connectivity index (χ1n) is 7.60.